The van der Waals surface area contributed by atoms with Crippen molar-refractivity contribution < 1.29 is 9.18 Å². The lowest BCUT2D eigenvalue weighted by Gasteiger charge is -2.20. The number of nitrogens with one attached hydrogen (secondary N) is 3. The molecule has 3 aromatic carbocycles. The van der Waals surface area contributed by atoms with Gasteiger partial charge in [-0.25, -0.2) is 4.39 Å². The average molecular weight is 544 g/mol. The molecule has 7 heteroatoms. The Kier molecular flexibility index (Phi) is 6.55. The Balaban J connectivity index is 1.20. The number of rotatable bonds is 6. The fourth-order valence-electron chi connectivity index (χ4n) is 6.13. The monoisotopic (exact) mass is 543 g/mol. The lowest BCUT2D eigenvalue weighted by Crippen LogP contribution is -2.18. The Morgan fingerprint density at radius 3 is 2.59 bits per heavy atom. The summed E-state index contributed by atoms with van der Waals surface area (Å²) in [6, 6.07) is 22.8. The van der Waals surface area contributed by atoms with E-state index in [1.807, 2.05) is 48.5 Å². The van der Waals surface area contributed by atoms with Crippen LogP contribution in [0.3, 0.4) is 0 Å². The molecule has 0 spiro atoms. The van der Waals surface area contributed by atoms with E-state index in [2.05, 4.69) is 31.5 Å². The van der Waals surface area contributed by atoms with E-state index in [0.717, 1.165) is 62.7 Å². The van der Waals surface area contributed by atoms with Crippen molar-refractivity contribution in [2.24, 2.45) is 5.92 Å². The number of fused-ring (bicyclic) bond motifs is 2. The first-order chi connectivity index (χ1) is 20.1. The third kappa shape index (κ3) is 4.99. The second-order valence-electron chi connectivity index (χ2n) is 11.0. The number of anilines is 1. The zero-order valence-electron chi connectivity index (χ0n) is 22.6. The molecule has 0 unspecified atom stereocenters. The molecule has 6 aromatic rings. The van der Waals surface area contributed by atoms with Crippen LogP contribution in [0.1, 0.15) is 38.5 Å². The third-order valence-corrected chi connectivity index (χ3v) is 8.20. The van der Waals surface area contributed by atoms with Gasteiger partial charge in [-0.1, -0.05) is 55.7 Å². The first-order valence-corrected chi connectivity index (χ1v) is 14.2. The number of aromatic amines is 2. The molecule has 41 heavy (non-hydrogen) atoms. The standard InChI is InChI=1S/C34H30FN5O/c35-29-11-5-4-9-26(29)25-10-6-12-30-27(25)18-32(38-30)34-28-17-22(13-14-31(28)39-40-34)23-16-24(20-36-19-23)37-33(41)15-21-7-2-1-3-8-21/h4-6,9-14,16-21,38H,1-3,7-8,15H2,(H,37,41)(H,39,40). The molecule has 1 aliphatic rings. The van der Waals surface area contributed by atoms with Gasteiger partial charge < -0.3 is 10.3 Å². The lowest BCUT2D eigenvalue weighted by molar-refractivity contribution is -0.117. The summed E-state index contributed by atoms with van der Waals surface area (Å²) in [6.07, 6.45) is 10.1. The van der Waals surface area contributed by atoms with E-state index in [4.69, 9.17) is 0 Å². The second kappa shape index (κ2) is 10.7. The van der Waals surface area contributed by atoms with Gasteiger partial charge in [0.2, 0.25) is 5.91 Å². The van der Waals surface area contributed by atoms with Crippen LogP contribution in [0, 0.1) is 11.7 Å². The molecule has 1 fully saturated rings. The van der Waals surface area contributed by atoms with E-state index < -0.39 is 0 Å². The Morgan fingerprint density at radius 1 is 0.854 bits per heavy atom. The van der Waals surface area contributed by atoms with Crippen molar-refractivity contribution in [2.45, 2.75) is 38.5 Å². The van der Waals surface area contributed by atoms with Gasteiger partial charge in [0.05, 0.1) is 23.1 Å². The number of hydrogen-bond acceptors (Lipinski definition) is 3. The van der Waals surface area contributed by atoms with E-state index in [9.17, 15) is 9.18 Å². The zero-order chi connectivity index (χ0) is 27.8. The van der Waals surface area contributed by atoms with Crippen LogP contribution in [0.4, 0.5) is 10.1 Å². The highest BCUT2D eigenvalue weighted by Gasteiger charge is 2.18. The minimum absolute atomic E-state index is 0.0528. The number of carbonyl (C=O) groups is 1. The zero-order valence-corrected chi connectivity index (χ0v) is 22.6. The molecule has 3 N–H and O–H groups in total. The minimum atomic E-state index is -0.251. The summed E-state index contributed by atoms with van der Waals surface area (Å²) in [7, 11) is 0. The summed E-state index contributed by atoms with van der Waals surface area (Å²) in [6.45, 7) is 0. The molecule has 3 aromatic heterocycles. The van der Waals surface area contributed by atoms with Crippen molar-refractivity contribution in [1.82, 2.24) is 20.2 Å². The lowest BCUT2D eigenvalue weighted by atomic mass is 9.87. The number of H-pyrrole nitrogens is 2. The van der Waals surface area contributed by atoms with E-state index in [0.29, 0.717) is 23.6 Å². The summed E-state index contributed by atoms with van der Waals surface area (Å²) in [5.41, 5.74) is 7.42. The fraction of sp³-hybridized carbons (Fsp3) is 0.206. The van der Waals surface area contributed by atoms with Gasteiger partial charge in [-0.15, -0.1) is 0 Å². The van der Waals surface area contributed by atoms with Crippen molar-refractivity contribution in [3.63, 3.8) is 0 Å². The number of aromatic nitrogens is 4. The van der Waals surface area contributed by atoms with Crippen LogP contribution in [-0.2, 0) is 4.79 Å². The van der Waals surface area contributed by atoms with Gasteiger partial charge in [0.25, 0.3) is 0 Å². The number of hydrogen-bond donors (Lipinski definition) is 3. The number of carbonyl (C=O) groups excluding carboxylic acids is 1. The average Bonchev–Trinajstić information content (AvgIpc) is 3.62. The Morgan fingerprint density at radius 2 is 1.71 bits per heavy atom. The highest BCUT2D eigenvalue weighted by molar-refractivity contribution is 6.02. The van der Waals surface area contributed by atoms with Crippen LogP contribution in [0.5, 0.6) is 0 Å². The summed E-state index contributed by atoms with van der Waals surface area (Å²) in [5.74, 6) is 0.282. The Labute approximate surface area is 237 Å². The SMILES string of the molecule is O=C(CC1CCCCC1)Nc1cncc(-c2ccc3[nH]nc(-c4cc5c(-c6ccccc6F)cccc5[nH]4)c3c2)c1. The number of nitrogens with zero attached hydrogens (tertiary/aromatic N) is 2. The highest BCUT2D eigenvalue weighted by atomic mass is 19.1. The topological polar surface area (TPSA) is 86.5 Å². The Hall–Kier alpha value is -4.78. The van der Waals surface area contributed by atoms with Gasteiger partial charge in [0.1, 0.15) is 11.5 Å². The summed E-state index contributed by atoms with van der Waals surface area (Å²) in [4.78, 5) is 20.6. The second-order valence-corrected chi connectivity index (χ2v) is 11.0. The van der Waals surface area contributed by atoms with Crippen LogP contribution < -0.4 is 5.32 Å². The first-order valence-electron chi connectivity index (χ1n) is 14.2. The molecule has 7 rings (SSSR count). The van der Waals surface area contributed by atoms with Gasteiger partial charge in [-0.3, -0.25) is 14.9 Å². The highest BCUT2D eigenvalue weighted by Crippen LogP contribution is 2.36. The van der Waals surface area contributed by atoms with Crippen LogP contribution in [-0.4, -0.2) is 26.1 Å². The fourth-order valence-corrected chi connectivity index (χ4v) is 6.13. The maximum atomic E-state index is 14.6. The van der Waals surface area contributed by atoms with Crippen LogP contribution in [0.25, 0.3) is 55.4 Å². The molecular weight excluding hydrogens is 513 g/mol. The van der Waals surface area contributed by atoms with E-state index >= 15 is 0 Å². The van der Waals surface area contributed by atoms with Crippen molar-refractivity contribution in [3.8, 4) is 33.6 Å². The molecule has 1 aliphatic carbocycles. The Bertz CT molecular complexity index is 1880. The predicted molar refractivity (Wildman–Crippen MR) is 162 cm³/mol. The largest absolute Gasteiger partial charge is 0.353 e. The summed E-state index contributed by atoms with van der Waals surface area (Å²) in [5, 5.41) is 12.7. The molecule has 0 atom stereocenters. The number of halogens is 1. The van der Waals surface area contributed by atoms with Crippen LogP contribution in [0.2, 0.25) is 0 Å². The maximum absolute atomic E-state index is 14.6. The molecule has 0 radical (unpaired) electrons. The van der Waals surface area contributed by atoms with Crippen molar-refractivity contribution in [3.05, 3.63) is 91.0 Å². The van der Waals surface area contributed by atoms with Gasteiger partial charge in [0, 0.05) is 40.0 Å². The van der Waals surface area contributed by atoms with Crippen LogP contribution >= 0.6 is 0 Å². The molecule has 204 valence electrons. The normalized spacial score (nSPS) is 14.1. The summed E-state index contributed by atoms with van der Waals surface area (Å²) >= 11 is 0. The van der Waals surface area contributed by atoms with Gasteiger partial charge in [-0.2, -0.15) is 5.10 Å². The minimum Gasteiger partial charge on any atom is -0.353 e. The van der Waals surface area contributed by atoms with E-state index in [1.54, 1.807) is 24.5 Å². The summed E-state index contributed by atoms with van der Waals surface area (Å²) < 4.78 is 14.6. The molecule has 1 saturated carbocycles. The molecule has 0 saturated heterocycles. The smallest absolute Gasteiger partial charge is 0.224 e. The van der Waals surface area contributed by atoms with Crippen molar-refractivity contribution >= 4 is 33.4 Å². The quantitative estimate of drug-likeness (QED) is 0.197. The predicted octanol–water partition coefficient (Wildman–Crippen LogP) is 8.49. The van der Waals surface area contributed by atoms with Gasteiger partial charge in [0.15, 0.2) is 0 Å². The molecule has 1 amide bonds. The van der Waals surface area contributed by atoms with Crippen LogP contribution in [0.15, 0.2) is 85.2 Å². The number of pyridine rings is 1. The molecule has 0 aliphatic heterocycles. The van der Waals surface area contributed by atoms with E-state index in [-0.39, 0.29) is 11.7 Å². The molecular formula is C34H30FN5O. The number of benzene rings is 3. The van der Waals surface area contributed by atoms with Gasteiger partial charge >= 0.3 is 0 Å². The molecule has 6 nitrogen and oxygen atoms in total. The van der Waals surface area contributed by atoms with E-state index in [1.165, 1.54) is 25.3 Å². The van der Waals surface area contributed by atoms with Crippen molar-refractivity contribution in [2.75, 3.05) is 5.32 Å². The first kappa shape index (κ1) is 25.2. The number of amides is 1. The molecule has 3 heterocycles. The molecule has 0 bridgehead atoms. The maximum Gasteiger partial charge on any atom is 0.224 e. The van der Waals surface area contributed by atoms with Crippen molar-refractivity contribution in [1.29, 1.82) is 0 Å². The van der Waals surface area contributed by atoms with Gasteiger partial charge in [-0.05, 0) is 66.3 Å². The third-order valence-electron chi connectivity index (χ3n) is 8.20.